The predicted molar refractivity (Wildman–Crippen MR) is 67.0 cm³/mol. The molecule has 0 aliphatic carbocycles. The lowest BCUT2D eigenvalue weighted by molar-refractivity contribution is -0.167. The number of hydrogen-bond donors (Lipinski definition) is 1. The summed E-state index contributed by atoms with van der Waals surface area (Å²) in [4.78, 5) is 3.94. The zero-order valence-corrected chi connectivity index (χ0v) is 11.2. The summed E-state index contributed by atoms with van der Waals surface area (Å²) in [7, 11) is 0. The van der Waals surface area contributed by atoms with Crippen molar-refractivity contribution in [1.29, 1.82) is 0 Å². The molecule has 1 rings (SSSR count). The minimum absolute atomic E-state index is 0.117. The number of ether oxygens (including phenoxy) is 1. The summed E-state index contributed by atoms with van der Waals surface area (Å²) >= 11 is 0. The molecule has 0 aliphatic rings. The van der Waals surface area contributed by atoms with Gasteiger partial charge in [-0.15, -0.1) is 0 Å². The average molecular weight is 294 g/mol. The Bertz CT molecular complexity index is 376. The van der Waals surface area contributed by atoms with Crippen LogP contribution in [-0.4, -0.2) is 37.1 Å². The summed E-state index contributed by atoms with van der Waals surface area (Å²) in [5.74, 6) is -4.12. The van der Waals surface area contributed by atoms with Crippen LogP contribution in [-0.2, 0) is 4.74 Å². The monoisotopic (exact) mass is 294 g/mol. The van der Waals surface area contributed by atoms with Crippen molar-refractivity contribution < 1.29 is 22.3 Å². The first kappa shape index (κ1) is 16.8. The third-order valence-electron chi connectivity index (χ3n) is 2.63. The van der Waals surface area contributed by atoms with E-state index in [9.17, 15) is 17.6 Å². The molecule has 20 heavy (non-hydrogen) atoms. The van der Waals surface area contributed by atoms with E-state index in [0.29, 0.717) is 6.54 Å². The zero-order chi connectivity index (χ0) is 15.0. The maximum absolute atomic E-state index is 12.7. The summed E-state index contributed by atoms with van der Waals surface area (Å²) in [6.45, 7) is 1.20. The van der Waals surface area contributed by atoms with Crippen molar-refractivity contribution in [3.05, 3.63) is 30.1 Å². The third-order valence-corrected chi connectivity index (χ3v) is 2.63. The second kappa shape index (κ2) is 8.16. The van der Waals surface area contributed by atoms with Gasteiger partial charge in [0, 0.05) is 12.4 Å². The number of rotatable bonds is 9. The molecule has 7 heteroatoms. The van der Waals surface area contributed by atoms with Crippen LogP contribution in [0.15, 0.2) is 24.5 Å². The SMILES string of the molecule is CCCNC(COCC(F)(F)C(F)F)c1cccnc1. The molecule has 1 aromatic rings. The topological polar surface area (TPSA) is 34.1 Å². The van der Waals surface area contributed by atoms with Crippen molar-refractivity contribution in [1.82, 2.24) is 10.3 Å². The molecule has 1 unspecified atom stereocenters. The molecule has 1 atom stereocenters. The molecule has 0 aliphatic heterocycles. The van der Waals surface area contributed by atoms with Gasteiger partial charge < -0.3 is 10.1 Å². The number of alkyl halides is 4. The molecule has 0 aromatic carbocycles. The molecule has 1 N–H and O–H groups in total. The van der Waals surface area contributed by atoms with Gasteiger partial charge in [0.2, 0.25) is 0 Å². The highest BCUT2D eigenvalue weighted by Crippen LogP contribution is 2.23. The minimum atomic E-state index is -4.12. The van der Waals surface area contributed by atoms with Crippen LogP contribution >= 0.6 is 0 Å². The summed E-state index contributed by atoms with van der Waals surface area (Å²) in [6.07, 6.45) is 0.306. The first-order valence-electron chi connectivity index (χ1n) is 6.34. The highest BCUT2D eigenvalue weighted by atomic mass is 19.3. The van der Waals surface area contributed by atoms with E-state index < -0.39 is 19.0 Å². The van der Waals surface area contributed by atoms with E-state index in [4.69, 9.17) is 4.74 Å². The Kier molecular flexibility index (Phi) is 6.87. The predicted octanol–water partition coefficient (Wildman–Crippen LogP) is 3.04. The fourth-order valence-corrected chi connectivity index (χ4v) is 1.55. The van der Waals surface area contributed by atoms with Crippen molar-refractivity contribution in [2.45, 2.75) is 31.7 Å². The van der Waals surface area contributed by atoms with Crippen LogP contribution < -0.4 is 5.32 Å². The fourth-order valence-electron chi connectivity index (χ4n) is 1.55. The van der Waals surface area contributed by atoms with Crippen LogP contribution in [0.3, 0.4) is 0 Å². The van der Waals surface area contributed by atoms with Crippen LogP contribution in [0, 0.1) is 0 Å². The van der Waals surface area contributed by atoms with Crippen LogP contribution in [0.4, 0.5) is 17.6 Å². The number of halogens is 4. The normalized spacial score (nSPS) is 13.7. The van der Waals surface area contributed by atoms with Gasteiger partial charge in [0.25, 0.3) is 0 Å². The number of hydrogen-bond acceptors (Lipinski definition) is 3. The second-order valence-corrected chi connectivity index (χ2v) is 4.37. The van der Waals surface area contributed by atoms with E-state index in [1.165, 1.54) is 0 Å². The van der Waals surface area contributed by atoms with Crippen molar-refractivity contribution in [2.24, 2.45) is 0 Å². The van der Waals surface area contributed by atoms with E-state index in [-0.39, 0.29) is 12.6 Å². The molecule has 3 nitrogen and oxygen atoms in total. The maximum Gasteiger partial charge on any atom is 0.330 e. The van der Waals surface area contributed by atoms with Gasteiger partial charge in [0.05, 0.1) is 12.6 Å². The Balaban J connectivity index is 2.54. The van der Waals surface area contributed by atoms with Gasteiger partial charge >= 0.3 is 12.3 Å². The molecular formula is C13H18F4N2O. The van der Waals surface area contributed by atoms with E-state index in [0.717, 1.165) is 12.0 Å². The Morgan fingerprint density at radius 1 is 1.40 bits per heavy atom. The van der Waals surface area contributed by atoms with Gasteiger partial charge in [-0.05, 0) is 24.6 Å². The Labute approximate surface area is 115 Å². The van der Waals surface area contributed by atoms with Gasteiger partial charge in [-0.2, -0.15) is 8.78 Å². The van der Waals surface area contributed by atoms with Crippen LogP contribution in [0.25, 0.3) is 0 Å². The molecule has 0 radical (unpaired) electrons. The molecule has 114 valence electrons. The first-order chi connectivity index (χ1) is 9.47. The van der Waals surface area contributed by atoms with Crippen molar-refractivity contribution >= 4 is 0 Å². The molecule has 1 heterocycles. The van der Waals surface area contributed by atoms with E-state index in [1.807, 2.05) is 6.92 Å². The third kappa shape index (κ3) is 5.42. The molecule has 1 aromatic heterocycles. The van der Waals surface area contributed by atoms with Gasteiger partial charge in [0.1, 0.15) is 6.61 Å². The quantitative estimate of drug-likeness (QED) is 0.711. The first-order valence-corrected chi connectivity index (χ1v) is 6.34. The molecule has 0 saturated heterocycles. The molecule has 0 saturated carbocycles. The van der Waals surface area contributed by atoms with Crippen LogP contribution in [0.1, 0.15) is 24.9 Å². The highest BCUT2D eigenvalue weighted by molar-refractivity contribution is 5.13. The molecule has 0 spiro atoms. The molecule has 0 bridgehead atoms. The molecule has 0 fully saturated rings. The summed E-state index contributed by atoms with van der Waals surface area (Å²) in [6, 6.07) is 3.13. The number of pyridine rings is 1. The Morgan fingerprint density at radius 2 is 2.15 bits per heavy atom. The number of nitrogens with one attached hydrogen (secondary N) is 1. The van der Waals surface area contributed by atoms with Crippen molar-refractivity contribution in [3.8, 4) is 0 Å². The standard InChI is InChI=1S/C13H18F4N2O/c1-2-5-19-11(10-4-3-6-18-7-10)8-20-9-13(16,17)12(14)15/h3-4,6-7,11-12,19H,2,5,8-9H2,1H3. The number of nitrogens with zero attached hydrogens (tertiary/aromatic N) is 1. The lowest BCUT2D eigenvalue weighted by atomic mass is 10.1. The van der Waals surface area contributed by atoms with Gasteiger partial charge in [-0.25, -0.2) is 8.78 Å². The average Bonchev–Trinajstić information content (AvgIpc) is 2.43. The highest BCUT2D eigenvalue weighted by Gasteiger charge is 2.41. The lowest BCUT2D eigenvalue weighted by Crippen LogP contribution is -2.34. The second-order valence-electron chi connectivity index (χ2n) is 4.37. The summed E-state index contributed by atoms with van der Waals surface area (Å²) < 4.78 is 54.3. The van der Waals surface area contributed by atoms with Gasteiger partial charge in [-0.1, -0.05) is 13.0 Å². The van der Waals surface area contributed by atoms with Gasteiger partial charge in [-0.3, -0.25) is 4.98 Å². The van der Waals surface area contributed by atoms with Crippen LogP contribution in [0.5, 0.6) is 0 Å². The Hall–Kier alpha value is -1.21. The smallest absolute Gasteiger partial charge is 0.330 e. The molecule has 0 amide bonds. The van der Waals surface area contributed by atoms with E-state index in [1.54, 1.807) is 24.5 Å². The maximum atomic E-state index is 12.7. The number of aromatic nitrogens is 1. The largest absolute Gasteiger partial charge is 0.373 e. The van der Waals surface area contributed by atoms with Crippen molar-refractivity contribution in [3.63, 3.8) is 0 Å². The Morgan fingerprint density at radius 3 is 2.70 bits per heavy atom. The summed E-state index contributed by atoms with van der Waals surface area (Å²) in [5.41, 5.74) is 0.765. The van der Waals surface area contributed by atoms with E-state index >= 15 is 0 Å². The van der Waals surface area contributed by atoms with Crippen molar-refractivity contribution in [2.75, 3.05) is 19.8 Å². The fraction of sp³-hybridized carbons (Fsp3) is 0.615. The molecular weight excluding hydrogens is 276 g/mol. The van der Waals surface area contributed by atoms with Gasteiger partial charge in [0.15, 0.2) is 0 Å². The van der Waals surface area contributed by atoms with E-state index in [2.05, 4.69) is 10.3 Å². The zero-order valence-electron chi connectivity index (χ0n) is 11.2. The minimum Gasteiger partial charge on any atom is -0.373 e. The summed E-state index contributed by atoms with van der Waals surface area (Å²) in [5, 5.41) is 3.10. The van der Waals surface area contributed by atoms with Crippen LogP contribution in [0.2, 0.25) is 0 Å². The lowest BCUT2D eigenvalue weighted by Gasteiger charge is -2.21.